The SMILES string of the molecule is COc1ccc(C(C)C)cc1C(CN)CCCc1ccccc1. The van der Waals surface area contributed by atoms with Gasteiger partial charge in [0.2, 0.25) is 0 Å². The van der Waals surface area contributed by atoms with Crippen LogP contribution < -0.4 is 10.5 Å². The molecule has 2 aromatic carbocycles. The summed E-state index contributed by atoms with van der Waals surface area (Å²) in [7, 11) is 1.74. The molecule has 2 aromatic rings. The van der Waals surface area contributed by atoms with E-state index >= 15 is 0 Å². The van der Waals surface area contributed by atoms with Crippen LogP contribution in [0.25, 0.3) is 0 Å². The molecule has 0 amide bonds. The molecule has 1 unspecified atom stereocenters. The molecule has 2 N–H and O–H groups in total. The van der Waals surface area contributed by atoms with Crippen LogP contribution in [0.2, 0.25) is 0 Å². The average molecular weight is 311 g/mol. The van der Waals surface area contributed by atoms with Crippen molar-refractivity contribution in [2.24, 2.45) is 5.73 Å². The van der Waals surface area contributed by atoms with Gasteiger partial charge >= 0.3 is 0 Å². The molecule has 0 aliphatic heterocycles. The van der Waals surface area contributed by atoms with Gasteiger partial charge < -0.3 is 10.5 Å². The van der Waals surface area contributed by atoms with E-state index in [1.165, 1.54) is 16.7 Å². The van der Waals surface area contributed by atoms with Crippen LogP contribution in [0.3, 0.4) is 0 Å². The number of methoxy groups -OCH3 is 1. The fourth-order valence-corrected chi connectivity index (χ4v) is 3.03. The number of nitrogens with two attached hydrogens (primary N) is 1. The quantitative estimate of drug-likeness (QED) is 0.754. The van der Waals surface area contributed by atoms with E-state index in [1.807, 2.05) is 0 Å². The van der Waals surface area contributed by atoms with Crippen molar-refractivity contribution in [3.8, 4) is 5.75 Å². The molecule has 0 saturated carbocycles. The zero-order chi connectivity index (χ0) is 16.7. The normalized spacial score (nSPS) is 12.4. The molecule has 124 valence electrons. The van der Waals surface area contributed by atoms with E-state index in [1.54, 1.807) is 7.11 Å². The van der Waals surface area contributed by atoms with Crippen molar-refractivity contribution < 1.29 is 4.74 Å². The van der Waals surface area contributed by atoms with Gasteiger partial charge in [-0.25, -0.2) is 0 Å². The molecule has 0 radical (unpaired) electrons. The number of benzene rings is 2. The van der Waals surface area contributed by atoms with E-state index in [-0.39, 0.29) is 0 Å². The first-order valence-electron chi connectivity index (χ1n) is 8.57. The van der Waals surface area contributed by atoms with Crippen molar-refractivity contribution in [2.75, 3.05) is 13.7 Å². The van der Waals surface area contributed by atoms with Crippen molar-refractivity contribution >= 4 is 0 Å². The average Bonchev–Trinajstić information content (AvgIpc) is 2.59. The maximum Gasteiger partial charge on any atom is 0.122 e. The lowest BCUT2D eigenvalue weighted by atomic mass is 9.89. The van der Waals surface area contributed by atoms with Crippen LogP contribution in [-0.2, 0) is 6.42 Å². The van der Waals surface area contributed by atoms with Crippen molar-refractivity contribution in [2.45, 2.75) is 44.9 Å². The molecule has 0 spiro atoms. The van der Waals surface area contributed by atoms with Crippen LogP contribution in [0.5, 0.6) is 5.75 Å². The Hall–Kier alpha value is -1.80. The highest BCUT2D eigenvalue weighted by atomic mass is 16.5. The minimum atomic E-state index is 0.354. The predicted octanol–water partition coefficient (Wildman–Crippen LogP) is 4.88. The molecule has 0 heterocycles. The molecule has 0 bridgehead atoms. The summed E-state index contributed by atoms with van der Waals surface area (Å²) < 4.78 is 5.57. The predicted molar refractivity (Wildman–Crippen MR) is 98.3 cm³/mol. The highest BCUT2D eigenvalue weighted by Crippen LogP contribution is 2.32. The molecule has 2 nitrogen and oxygen atoms in total. The van der Waals surface area contributed by atoms with Gasteiger partial charge in [0.15, 0.2) is 0 Å². The van der Waals surface area contributed by atoms with Gasteiger partial charge in [-0.2, -0.15) is 0 Å². The van der Waals surface area contributed by atoms with Crippen molar-refractivity contribution in [3.05, 3.63) is 65.2 Å². The number of aryl methyl sites for hydroxylation is 1. The topological polar surface area (TPSA) is 35.2 Å². The van der Waals surface area contributed by atoms with Crippen LogP contribution in [0.15, 0.2) is 48.5 Å². The van der Waals surface area contributed by atoms with Crippen LogP contribution in [0.4, 0.5) is 0 Å². The highest BCUT2D eigenvalue weighted by Gasteiger charge is 2.16. The third-order valence-electron chi connectivity index (χ3n) is 4.51. The van der Waals surface area contributed by atoms with Gasteiger partial charge in [0.05, 0.1) is 7.11 Å². The maximum atomic E-state index is 6.08. The van der Waals surface area contributed by atoms with Gasteiger partial charge in [-0.1, -0.05) is 56.3 Å². The lowest BCUT2D eigenvalue weighted by Crippen LogP contribution is -2.14. The lowest BCUT2D eigenvalue weighted by Gasteiger charge is -2.20. The Kier molecular flexibility index (Phi) is 6.66. The number of hydrogen-bond acceptors (Lipinski definition) is 2. The number of ether oxygens (including phenoxy) is 1. The van der Waals surface area contributed by atoms with E-state index < -0.39 is 0 Å². The molecule has 0 fully saturated rings. The Morgan fingerprint density at radius 1 is 1.04 bits per heavy atom. The zero-order valence-electron chi connectivity index (χ0n) is 14.6. The van der Waals surface area contributed by atoms with Crippen LogP contribution in [-0.4, -0.2) is 13.7 Å². The molecule has 1 atom stereocenters. The molecule has 0 aliphatic carbocycles. The second kappa shape index (κ2) is 8.73. The standard InChI is InChI=1S/C21H29NO/c1-16(2)18-12-13-21(23-3)20(14-18)19(15-22)11-7-10-17-8-5-4-6-9-17/h4-6,8-9,12-14,16,19H,7,10-11,15,22H2,1-3H3. The van der Waals surface area contributed by atoms with Crippen molar-refractivity contribution in [3.63, 3.8) is 0 Å². The second-order valence-corrected chi connectivity index (χ2v) is 6.47. The molecule has 0 aromatic heterocycles. The van der Waals surface area contributed by atoms with E-state index in [4.69, 9.17) is 10.5 Å². The molecule has 23 heavy (non-hydrogen) atoms. The minimum Gasteiger partial charge on any atom is -0.496 e. The van der Waals surface area contributed by atoms with Crippen LogP contribution >= 0.6 is 0 Å². The summed E-state index contributed by atoms with van der Waals surface area (Å²) in [4.78, 5) is 0. The second-order valence-electron chi connectivity index (χ2n) is 6.47. The summed E-state index contributed by atoms with van der Waals surface area (Å²) in [5.41, 5.74) is 10.1. The zero-order valence-corrected chi connectivity index (χ0v) is 14.6. The summed E-state index contributed by atoms with van der Waals surface area (Å²) in [6, 6.07) is 17.2. The minimum absolute atomic E-state index is 0.354. The number of hydrogen-bond donors (Lipinski definition) is 1. The van der Waals surface area contributed by atoms with E-state index in [2.05, 4.69) is 62.4 Å². The monoisotopic (exact) mass is 311 g/mol. The third-order valence-corrected chi connectivity index (χ3v) is 4.51. The Bertz CT molecular complexity index is 592. The molecule has 2 heteroatoms. The van der Waals surface area contributed by atoms with Gasteiger partial charge in [0, 0.05) is 0 Å². The van der Waals surface area contributed by atoms with Gasteiger partial charge in [-0.3, -0.25) is 0 Å². The maximum absolute atomic E-state index is 6.08. The summed E-state index contributed by atoms with van der Waals surface area (Å²) in [6.45, 7) is 5.10. The Morgan fingerprint density at radius 2 is 1.78 bits per heavy atom. The first-order valence-corrected chi connectivity index (χ1v) is 8.57. The summed E-state index contributed by atoms with van der Waals surface area (Å²) in [6.07, 6.45) is 3.33. The summed E-state index contributed by atoms with van der Waals surface area (Å²) >= 11 is 0. The fraction of sp³-hybridized carbons (Fsp3) is 0.429. The highest BCUT2D eigenvalue weighted by molar-refractivity contribution is 5.41. The van der Waals surface area contributed by atoms with Crippen molar-refractivity contribution in [1.82, 2.24) is 0 Å². The first-order chi connectivity index (χ1) is 11.2. The molecular formula is C21H29NO. The van der Waals surface area contributed by atoms with Gasteiger partial charge in [-0.05, 0) is 60.4 Å². The van der Waals surface area contributed by atoms with E-state index in [0.717, 1.165) is 25.0 Å². The Balaban J connectivity index is 2.08. The van der Waals surface area contributed by atoms with Gasteiger partial charge in [0.1, 0.15) is 5.75 Å². The third kappa shape index (κ3) is 4.84. The summed E-state index contributed by atoms with van der Waals surface area (Å²) in [5.74, 6) is 1.83. The summed E-state index contributed by atoms with van der Waals surface area (Å²) in [5, 5.41) is 0. The van der Waals surface area contributed by atoms with E-state index in [0.29, 0.717) is 18.4 Å². The van der Waals surface area contributed by atoms with Crippen LogP contribution in [0, 0.1) is 0 Å². The molecule has 0 saturated heterocycles. The van der Waals surface area contributed by atoms with Gasteiger partial charge in [-0.15, -0.1) is 0 Å². The Labute approximate surface area is 140 Å². The first kappa shape index (κ1) is 17.6. The Morgan fingerprint density at radius 3 is 2.39 bits per heavy atom. The largest absolute Gasteiger partial charge is 0.496 e. The number of rotatable bonds is 8. The molecular weight excluding hydrogens is 282 g/mol. The lowest BCUT2D eigenvalue weighted by molar-refractivity contribution is 0.403. The van der Waals surface area contributed by atoms with Gasteiger partial charge in [0.25, 0.3) is 0 Å². The molecule has 2 rings (SSSR count). The van der Waals surface area contributed by atoms with Crippen molar-refractivity contribution in [1.29, 1.82) is 0 Å². The van der Waals surface area contributed by atoms with E-state index in [9.17, 15) is 0 Å². The fourth-order valence-electron chi connectivity index (χ4n) is 3.03. The smallest absolute Gasteiger partial charge is 0.122 e. The van der Waals surface area contributed by atoms with Crippen LogP contribution in [0.1, 0.15) is 55.2 Å². The molecule has 0 aliphatic rings.